The van der Waals surface area contributed by atoms with E-state index in [4.69, 9.17) is 4.74 Å². The van der Waals surface area contributed by atoms with Crippen molar-refractivity contribution in [3.8, 4) is 0 Å². The first kappa shape index (κ1) is 10.9. The molecule has 0 bridgehead atoms. The molecule has 0 fully saturated rings. The molecule has 84 valence electrons. The van der Waals surface area contributed by atoms with Crippen molar-refractivity contribution in [1.29, 1.82) is 0 Å². The van der Waals surface area contributed by atoms with Gasteiger partial charge in [-0.2, -0.15) is 5.10 Å². The molecule has 16 heavy (non-hydrogen) atoms. The maximum absolute atomic E-state index is 5.57. The zero-order chi connectivity index (χ0) is 11.2. The highest BCUT2D eigenvalue weighted by molar-refractivity contribution is 5.13. The van der Waals surface area contributed by atoms with Crippen molar-refractivity contribution in [2.24, 2.45) is 0 Å². The minimum absolute atomic E-state index is 0.668. The number of nitrogens with zero attached hydrogens (tertiary/aromatic N) is 2. The van der Waals surface area contributed by atoms with Gasteiger partial charge in [-0.15, -0.1) is 0 Å². The zero-order valence-corrected chi connectivity index (χ0v) is 9.47. The lowest BCUT2D eigenvalue weighted by atomic mass is 10.2. The second-order valence-electron chi connectivity index (χ2n) is 3.82. The van der Waals surface area contributed by atoms with Crippen molar-refractivity contribution in [3.63, 3.8) is 0 Å². The summed E-state index contributed by atoms with van der Waals surface area (Å²) in [6.07, 6.45) is 3.88. The highest BCUT2D eigenvalue weighted by Crippen LogP contribution is 2.00. The lowest BCUT2D eigenvalue weighted by Crippen LogP contribution is -2.06. The number of benzene rings is 1. The van der Waals surface area contributed by atoms with Crippen LogP contribution in [-0.2, 0) is 17.9 Å². The number of hydrogen-bond acceptors (Lipinski definition) is 2. The van der Waals surface area contributed by atoms with Crippen LogP contribution in [0.2, 0.25) is 0 Å². The standard InChI is InChI=1S/C13H16N2O/c1-12-9-14-15(10-12)7-8-16-11-13-5-3-2-4-6-13/h2-6,9-10H,7-8,11H2,1H3. The van der Waals surface area contributed by atoms with Crippen LogP contribution in [0, 0.1) is 6.92 Å². The van der Waals surface area contributed by atoms with E-state index in [1.807, 2.05) is 42.2 Å². The van der Waals surface area contributed by atoms with Gasteiger partial charge in [-0.05, 0) is 18.1 Å². The van der Waals surface area contributed by atoms with Crippen LogP contribution >= 0.6 is 0 Å². The lowest BCUT2D eigenvalue weighted by Gasteiger charge is -2.04. The molecule has 2 rings (SSSR count). The van der Waals surface area contributed by atoms with Gasteiger partial charge in [0, 0.05) is 6.20 Å². The topological polar surface area (TPSA) is 27.1 Å². The number of rotatable bonds is 5. The minimum Gasteiger partial charge on any atom is -0.375 e. The summed E-state index contributed by atoms with van der Waals surface area (Å²) < 4.78 is 7.48. The van der Waals surface area contributed by atoms with Gasteiger partial charge in [0.25, 0.3) is 0 Å². The first-order valence-electron chi connectivity index (χ1n) is 5.45. The molecular weight excluding hydrogens is 200 g/mol. The van der Waals surface area contributed by atoms with Gasteiger partial charge < -0.3 is 4.74 Å². The fraction of sp³-hybridized carbons (Fsp3) is 0.308. The Bertz CT molecular complexity index is 423. The Kier molecular flexibility index (Phi) is 3.72. The maximum Gasteiger partial charge on any atom is 0.0717 e. The van der Waals surface area contributed by atoms with Crippen LogP contribution in [0.5, 0.6) is 0 Å². The van der Waals surface area contributed by atoms with E-state index in [2.05, 4.69) is 17.2 Å². The van der Waals surface area contributed by atoms with Crippen LogP contribution in [-0.4, -0.2) is 16.4 Å². The van der Waals surface area contributed by atoms with E-state index in [1.54, 1.807) is 0 Å². The average molecular weight is 216 g/mol. The first-order valence-corrected chi connectivity index (χ1v) is 5.45. The summed E-state index contributed by atoms with van der Waals surface area (Å²) in [4.78, 5) is 0. The number of aromatic nitrogens is 2. The molecule has 1 heterocycles. The van der Waals surface area contributed by atoms with Crippen molar-refractivity contribution in [3.05, 3.63) is 53.9 Å². The van der Waals surface area contributed by atoms with Gasteiger partial charge in [0.15, 0.2) is 0 Å². The first-order chi connectivity index (χ1) is 7.84. The Morgan fingerprint density at radius 1 is 1.25 bits per heavy atom. The third kappa shape index (κ3) is 3.21. The molecule has 0 saturated heterocycles. The molecular formula is C13H16N2O. The second-order valence-corrected chi connectivity index (χ2v) is 3.82. The number of ether oxygens (including phenoxy) is 1. The van der Waals surface area contributed by atoms with Crippen LogP contribution in [0.4, 0.5) is 0 Å². The molecule has 0 aliphatic heterocycles. The molecule has 0 radical (unpaired) electrons. The van der Waals surface area contributed by atoms with Crippen molar-refractivity contribution >= 4 is 0 Å². The van der Waals surface area contributed by atoms with Gasteiger partial charge in [0.2, 0.25) is 0 Å². The molecule has 1 aromatic carbocycles. The molecule has 1 aromatic heterocycles. The van der Waals surface area contributed by atoms with Crippen molar-refractivity contribution in [1.82, 2.24) is 9.78 Å². The Morgan fingerprint density at radius 2 is 2.06 bits per heavy atom. The zero-order valence-electron chi connectivity index (χ0n) is 9.47. The van der Waals surface area contributed by atoms with Crippen molar-refractivity contribution in [2.45, 2.75) is 20.1 Å². The summed E-state index contributed by atoms with van der Waals surface area (Å²) in [5, 5.41) is 4.20. The van der Waals surface area contributed by atoms with Gasteiger partial charge in [0.05, 0.1) is 26.0 Å². The van der Waals surface area contributed by atoms with E-state index in [1.165, 1.54) is 11.1 Å². The summed E-state index contributed by atoms with van der Waals surface area (Å²) in [5.41, 5.74) is 2.39. The average Bonchev–Trinajstić information content (AvgIpc) is 2.72. The third-order valence-electron chi connectivity index (χ3n) is 2.34. The van der Waals surface area contributed by atoms with Crippen LogP contribution in [0.1, 0.15) is 11.1 Å². The van der Waals surface area contributed by atoms with Crippen LogP contribution in [0.25, 0.3) is 0 Å². The van der Waals surface area contributed by atoms with Crippen molar-refractivity contribution < 1.29 is 4.74 Å². The van der Waals surface area contributed by atoms with Gasteiger partial charge in [-0.3, -0.25) is 4.68 Å². The van der Waals surface area contributed by atoms with Crippen molar-refractivity contribution in [2.75, 3.05) is 6.61 Å². The third-order valence-corrected chi connectivity index (χ3v) is 2.34. The molecule has 0 aliphatic carbocycles. The largest absolute Gasteiger partial charge is 0.375 e. The van der Waals surface area contributed by atoms with E-state index in [-0.39, 0.29) is 0 Å². The summed E-state index contributed by atoms with van der Waals surface area (Å²) in [7, 11) is 0. The molecule has 0 saturated carbocycles. The van der Waals surface area contributed by atoms with E-state index in [9.17, 15) is 0 Å². The van der Waals surface area contributed by atoms with Gasteiger partial charge in [-0.1, -0.05) is 30.3 Å². The van der Waals surface area contributed by atoms with E-state index in [0.29, 0.717) is 13.2 Å². The molecule has 3 heteroatoms. The van der Waals surface area contributed by atoms with Crippen LogP contribution in [0.15, 0.2) is 42.7 Å². The molecule has 0 atom stereocenters. The summed E-state index contributed by atoms with van der Waals surface area (Å²) in [5.74, 6) is 0. The monoisotopic (exact) mass is 216 g/mol. The summed E-state index contributed by atoms with van der Waals surface area (Å²) in [6.45, 7) is 4.20. The molecule has 3 nitrogen and oxygen atoms in total. The summed E-state index contributed by atoms with van der Waals surface area (Å²) in [6, 6.07) is 10.2. The number of hydrogen-bond donors (Lipinski definition) is 0. The molecule has 0 unspecified atom stereocenters. The quantitative estimate of drug-likeness (QED) is 0.718. The Balaban J connectivity index is 1.69. The van der Waals surface area contributed by atoms with E-state index < -0.39 is 0 Å². The lowest BCUT2D eigenvalue weighted by molar-refractivity contribution is 0.111. The Morgan fingerprint density at radius 3 is 2.75 bits per heavy atom. The predicted molar refractivity (Wildman–Crippen MR) is 63.1 cm³/mol. The molecule has 0 N–H and O–H groups in total. The predicted octanol–water partition coefficient (Wildman–Crippen LogP) is 2.41. The molecule has 0 spiro atoms. The van der Waals surface area contributed by atoms with Crippen LogP contribution in [0.3, 0.4) is 0 Å². The van der Waals surface area contributed by atoms with Gasteiger partial charge in [-0.25, -0.2) is 0 Å². The van der Waals surface area contributed by atoms with E-state index in [0.717, 1.165) is 6.54 Å². The Labute approximate surface area is 95.7 Å². The highest BCUT2D eigenvalue weighted by atomic mass is 16.5. The van der Waals surface area contributed by atoms with Gasteiger partial charge in [0.1, 0.15) is 0 Å². The number of aryl methyl sites for hydroxylation is 1. The fourth-order valence-corrected chi connectivity index (χ4v) is 1.51. The van der Waals surface area contributed by atoms with E-state index >= 15 is 0 Å². The normalized spacial score (nSPS) is 10.6. The van der Waals surface area contributed by atoms with Gasteiger partial charge >= 0.3 is 0 Å². The molecule has 2 aromatic rings. The Hall–Kier alpha value is -1.61. The maximum atomic E-state index is 5.57. The smallest absolute Gasteiger partial charge is 0.0717 e. The second kappa shape index (κ2) is 5.47. The fourth-order valence-electron chi connectivity index (χ4n) is 1.51. The SMILES string of the molecule is Cc1cnn(CCOCc2ccccc2)c1. The molecule has 0 amide bonds. The minimum atomic E-state index is 0.668. The summed E-state index contributed by atoms with van der Waals surface area (Å²) >= 11 is 0. The molecule has 0 aliphatic rings. The van der Waals surface area contributed by atoms with Crippen LogP contribution < -0.4 is 0 Å². The highest BCUT2D eigenvalue weighted by Gasteiger charge is 1.95.